The van der Waals surface area contributed by atoms with Gasteiger partial charge in [0, 0.05) is 6.20 Å². The van der Waals surface area contributed by atoms with Crippen molar-refractivity contribution >= 4 is 22.5 Å². The van der Waals surface area contributed by atoms with E-state index in [1.807, 2.05) is 6.20 Å². The monoisotopic (exact) mass is 777 g/mol. The Morgan fingerprint density at radius 1 is 0.844 bits per heavy atom. The molecule has 2 aromatic heterocycles. The number of rotatable bonds is 4. The standard InChI is InChI=1S/C39H42N4O.Pt/c1-38(2,3)27-19-22-40-37(23-27)43-36-25-30(17-18-32(36)31-13-10-14-33(31)39(43)20-7-8-21-39)44-29-12-9-11-28(24-29)42-26-41(4)34-15-5-6-16-35(34)42;/h5-6,9,11-12,15-19,22-25,31,33H,7-8,10,13-14,20-21H2,1-4H3;. The van der Waals surface area contributed by atoms with Gasteiger partial charge >= 0.3 is 209 Å². The van der Waals surface area contributed by atoms with Crippen LogP contribution in [0.5, 0.6) is 11.5 Å². The number of pyridine rings is 1. The van der Waals surface area contributed by atoms with E-state index < -0.39 is 0 Å². The number of anilines is 2. The predicted molar refractivity (Wildman–Crippen MR) is 178 cm³/mol. The number of hydrogen-bond acceptors (Lipinski definition) is 3. The van der Waals surface area contributed by atoms with Crippen molar-refractivity contribution in [3.8, 4) is 17.2 Å². The van der Waals surface area contributed by atoms with Gasteiger partial charge in [0.2, 0.25) is 0 Å². The molecule has 3 aliphatic rings. The van der Waals surface area contributed by atoms with E-state index in [2.05, 4.69) is 140 Å². The first-order valence-electron chi connectivity index (χ1n) is 16.6. The summed E-state index contributed by atoms with van der Waals surface area (Å²) >= 11 is 2.42. The Bertz CT molecular complexity index is 1980. The zero-order valence-electron chi connectivity index (χ0n) is 26.7. The van der Waals surface area contributed by atoms with Crippen LogP contribution in [0.25, 0.3) is 16.7 Å². The number of fused-ring (bicyclic) bond motifs is 5. The second kappa shape index (κ2) is 10.8. The van der Waals surface area contributed by atoms with Crippen LogP contribution in [0.2, 0.25) is 0 Å². The van der Waals surface area contributed by atoms with E-state index in [1.54, 1.807) is 0 Å². The molecule has 3 aromatic carbocycles. The first kappa shape index (κ1) is 29.0. The van der Waals surface area contributed by atoms with Crippen LogP contribution in [-0.2, 0) is 31.8 Å². The minimum absolute atomic E-state index is 0.0605. The van der Waals surface area contributed by atoms with Gasteiger partial charge in [-0.2, -0.15) is 0 Å². The zero-order valence-corrected chi connectivity index (χ0v) is 29.0. The first-order chi connectivity index (χ1) is 21.7. The maximum absolute atomic E-state index is 6.72. The maximum atomic E-state index is 6.72. The van der Waals surface area contributed by atoms with Gasteiger partial charge in [-0.15, -0.1) is 0 Å². The summed E-state index contributed by atoms with van der Waals surface area (Å²) in [6.07, 6.45) is 11.0. The molecule has 3 heterocycles. The molecule has 1 spiro atoms. The van der Waals surface area contributed by atoms with E-state index in [1.165, 1.54) is 72.8 Å². The fourth-order valence-corrected chi connectivity index (χ4v) is 9.59. The third-order valence-corrected chi connectivity index (χ3v) is 12.1. The Hall–Kier alpha value is -3.43. The fraction of sp³-hybridized carbons (Fsp3) is 0.385. The molecule has 8 rings (SSSR count). The van der Waals surface area contributed by atoms with Crippen molar-refractivity contribution in [3.63, 3.8) is 0 Å². The molecule has 5 nitrogen and oxygen atoms in total. The molecule has 2 saturated carbocycles. The van der Waals surface area contributed by atoms with Crippen LogP contribution in [0.1, 0.15) is 82.8 Å². The molecule has 2 atom stereocenters. The first-order valence-corrected chi connectivity index (χ1v) is 17.7. The van der Waals surface area contributed by atoms with Gasteiger partial charge in [-0.1, -0.05) is 40.0 Å². The number of para-hydroxylation sites is 2. The normalized spacial score (nSPS) is 20.5. The molecule has 1 aliphatic heterocycles. The molecule has 2 fully saturated rings. The molecular formula is C39H42N4OPt. The molecule has 0 N–H and O–H groups in total. The minimum atomic E-state index is 0.0605. The molecule has 5 aromatic rings. The van der Waals surface area contributed by atoms with Crippen molar-refractivity contribution in [1.82, 2.24) is 14.1 Å². The zero-order chi connectivity index (χ0) is 30.9. The van der Waals surface area contributed by atoms with Crippen LogP contribution in [0.15, 0.2) is 85.1 Å². The molecule has 0 amide bonds. The number of hydrogen-bond donors (Lipinski definition) is 0. The van der Waals surface area contributed by atoms with E-state index >= 15 is 0 Å². The van der Waals surface area contributed by atoms with Crippen molar-refractivity contribution in [2.75, 3.05) is 4.90 Å². The molecule has 45 heavy (non-hydrogen) atoms. The van der Waals surface area contributed by atoms with Gasteiger partial charge in [-0.25, -0.2) is 0 Å². The van der Waals surface area contributed by atoms with Gasteiger partial charge in [0.1, 0.15) is 0 Å². The molecule has 2 aliphatic carbocycles. The summed E-state index contributed by atoms with van der Waals surface area (Å²) in [4.78, 5) is 7.76. The van der Waals surface area contributed by atoms with Crippen LogP contribution in [0.3, 0.4) is 0 Å². The Morgan fingerprint density at radius 3 is 2.42 bits per heavy atom. The Labute approximate surface area is 277 Å². The fourth-order valence-electron chi connectivity index (χ4n) is 8.75. The Kier molecular flexibility index (Phi) is 6.98. The number of benzene rings is 3. The number of aryl methyl sites for hydroxylation is 1. The third kappa shape index (κ3) is 4.68. The van der Waals surface area contributed by atoms with Crippen LogP contribution in [-0.4, -0.2) is 19.7 Å². The predicted octanol–water partition coefficient (Wildman–Crippen LogP) is 9.88. The average molecular weight is 778 g/mol. The summed E-state index contributed by atoms with van der Waals surface area (Å²) in [5.74, 6) is 4.11. The van der Waals surface area contributed by atoms with Crippen LogP contribution in [0.4, 0.5) is 11.5 Å². The summed E-state index contributed by atoms with van der Waals surface area (Å²) in [6, 6.07) is 28.5. The van der Waals surface area contributed by atoms with E-state index in [-0.39, 0.29) is 11.0 Å². The van der Waals surface area contributed by atoms with Gasteiger partial charge < -0.3 is 0 Å². The van der Waals surface area contributed by atoms with Crippen LogP contribution in [0, 0.1) is 9.72 Å². The van der Waals surface area contributed by atoms with Gasteiger partial charge in [0.25, 0.3) is 0 Å². The SMILES string of the molecule is Cn1[c](=[Pt])n(-c2cccc(Oc3ccc4c(c3)N(c3cc(C(C)(C)C)ccn3)C3(CCCC3)C3CCCC43)c2)c2ccccc21. The van der Waals surface area contributed by atoms with Gasteiger partial charge in [-0.05, 0) is 23.5 Å². The topological polar surface area (TPSA) is 35.2 Å². The summed E-state index contributed by atoms with van der Waals surface area (Å²) in [7, 11) is 2.12. The summed E-state index contributed by atoms with van der Waals surface area (Å²) < 4.78 is 12.4. The molecule has 0 saturated heterocycles. The number of nitrogens with zero attached hydrogens (tertiary/aromatic N) is 4. The Balaban J connectivity index is 1.23. The molecule has 0 radical (unpaired) electrons. The Morgan fingerprint density at radius 2 is 1.62 bits per heavy atom. The summed E-state index contributed by atoms with van der Waals surface area (Å²) in [6.45, 7) is 6.89. The van der Waals surface area contributed by atoms with E-state index in [0.717, 1.165) is 26.8 Å². The molecule has 6 heteroatoms. The molecule has 2 unspecified atom stereocenters. The molecular weight excluding hydrogens is 736 g/mol. The van der Waals surface area contributed by atoms with E-state index in [4.69, 9.17) is 9.72 Å². The van der Waals surface area contributed by atoms with Crippen molar-refractivity contribution in [2.45, 2.75) is 82.6 Å². The second-order valence-electron chi connectivity index (χ2n) is 14.4. The second-order valence-corrected chi connectivity index (χ2v) is 15.4. The van der Waals surface area contributed by atoms with Crippen LogP contribution >= 0.6 is 0 Å². The van der Waals surface area contributed by atoms with Crippen molar-refractivity contribution in [3.05, 3.63) is 100.0 Å². The summed E-state index contributed by atoms with van der Waals surface area (Å²) in [5, 5.41) is 0. The van der Waals surface area contributed by atoms with Gasteiger partial charge in [0.05, 0.1) is 0 Å². The van der Waals surface area contributed by atoms with Crippen molar-refractivity contribution < 1.29 is 24.1 Å². The van der Waals surface area contributed by atoms with Crippen molar-refractivity contribution in [2.24, 2.45) is 13.0 Å². The quantitative estimate of drug-likeness (QED) is 0.182. The average Bonchev–Trinajstić information content (AvgIpc) is 3.77. The van der Waals surface area contributed by atoms with Gasteiger partial charge in [0.15, 0.2) is 0 Å². The van der Waals surface area contributed by atoms with Crippen molar-refractivity contribution in [1.29, 1.82) is 0 Å². The number of ether oxygens (including phenoxy) is 1. The number of imidazole rings is 1. The molecule has 0 bridgehead atoms. The van der Waals surface area contributed by atoms with Crippen LogP contribution < -0.4 is 9.64 Å². The van der Waals surface area contributed by atoms with Gasteiger partial charge in [-0.3, -0.25) is 0 Å². The summed E-state index contributed by atoms with van der Waals surface area (Å²) in [5.41, 5.74) is 7.77. The molecule has 234 valence electrons. The third-order valence-electron chi connectivity index (χ3n) is 10.8. The van der Waals surface area contributed by atoms with E-state index in [0.29, 0.717) is 11.8 Å². The number of aromatic nitrogens is 3. The van der Waals surface area contributed by atoms with E-state index in [9.17, 15) is 0 Å².